The van der Waals surface area contributed by atoms with Crippen LogP contribution in [0.2, 0.25) is 0 Å². The highest BCUT2D eigenvalue weighted by molar-refractivity contribution is 8.01. The van der Waals surface area contributed by atoms with E-state index in [0.29, 0.717) is 0 Å². The fourth-order valence-electron chi connectivity index (χ4n) is 1.09. The molecule has 11 heavy (non-hydrogen) atoms. The molecular weight excluding hydrogens is 152 g/mol. The van der Waals surface area contributed by atoms with E-state index < -0.39 is 0 Å². The number of thioether (sulfide) groups is 1. The van der Waals surface area contributed by atoms with Crippen LogP contribution in [-0.4, -0.2) is 6.26 Å². The SMILES string of the molecule is CCCCCC/C(C)=C/SC. The maximum absolute atomic E-state index is 2.26. The molecule has 0 saturated heterocycles. The molecule has 0 rings (SSSR count). The van der Waals surface area contributed by atoms with Crippen LogP contribution in [0.3, 0.4) is 0 Å². The molecule has 0 nitrogen and oxygen atoms in total. The lowest BCUT2D eigenvalue weighted by Crippen LogP contribution is -1.78. The molecule has 1 heteroatoms. The summed E-state index contributed by atoms with van der Waals surface area (Å²) >= 11 is 1.81. The van der Waals surface area contributed by atoms with Crippen molar-refractivity contribution >= 4 is 11.8 Å². The monoisotopic (exact) mass is 172 g/mol. The summed E-state index contributed by atoms with van der Waals surface area (Å²) in [4.78, 5) is 0. The van der Waals surface area contributed by atoms with Crippen molar-refractivity contribution in [2.45, 2.75) is 46.0 Å². The first-order valence-electron chi connectivity index (χ1n) is 4.49. The third-order valence-electron chi connectivity index (χ3n) is 1.74. The Labute approximate surface area is 75.5 Å². The number of hydrogen-bond donors (Lipinski definition) is 0. The molecule has 0 N–H and O–H groups in total. The van der Waals surface area contributed by atoms with Gasteiger partial charge in [-0.25, -0.2) is 0 Å². The smallest absolute Gasteiger partial charge is 0.0142 e. The van der Waals surface area contributed by atoms with Crippen LogP contribution in [-0.2, 0) is 0 Å². The van der Waals surface area contributed by atoms with Gasteiger partial charge in [0.15, 0.2) is 0 Å². The lowest BCUT2D eigenvalue weighted by atomic mass is 10.1. The Morgan fingerprint density at radius 3 is 2.55 bits per heavy atom. The molecule has 0 saturated carbocycles. The molecule has 0 aliphatic carbocycles. The van der Waals surface area contributed by atoms with Crippen molar-refractivity contribution in [3.8, 4) is 0 Å². The van der Waals surface area contributed by atoms with E-state index in [1.54, 1.807) is 0 Å². The predicted molar refractivity (Wildman–Crippen MR) is 56.0 cm³/mol. The molecule has 0 aromatic heterocycles. The molecule has 66 valence electrons. The first-order chi connectivity index (χ1) is 5.31. The van der Waals surface area contributed by atoms with Crippen molar-refractivity contribution in [3.05, 3.63) is 11.0 Å². The van der Waals surface area contributed by atoms with Crippen LogP contribution in [0.1, 0.15) is 46.0 Å². The molecule has 0 bridgehead atoms. The normalized spacial score (nSPS) is 12.1. The van der Waals surface area contributed by atoms with Crippen LogP contribution in [0.4, 0.5) is 0 Å². The highest BCUT2D eigenvalue weighted by Gasteiger charge is 1.89. The zero-order valence-corrected chi connectivity index (χ0v) is 8.84. The van der Waals surface area contributed by atoms with Gasteiger partial charge in [-0.05, 0) is 31.4 Å². The summed E-state index contributed by atoms with van der Waals surface area (Å²) in [5, 5.41) is 2.26. The molecule has 0 amide bonds. The summed E-state index contributed by atoms with van der Waals surface area (Å²) in [5.74, 6) is 0. The predicted octanol–water partition coefficient (Wildman–Crippen LogP) is 4.22. The van der Waals surface area contributed by atoms with Gasteiger partial charge in [0, 0.05) is 0 Å². The highest BCUT2D eigenvalue weighted by atomic mass is 32.2. The zero-order chi connectivity index (χ0) is 8.53. The standard InChI is InChI=1S/C10H20S/c1-4-5-6-7-8-10(2)9-11-3/h9H,4-8H2,1-3H3/b10-9+. The third kappa shape index (κ3) is 7.99. The molecule has 0 atom stereocenters. The maximum atomic E-state index is 2.26. The number of unbranched alkanes of at least 4 members (excludes halogenated alkanes) is 3. The first kappa shape index (κ1) is 11.1. The van der Waals surface area contributed by atoms with Crippen molar-refractivity contribution in [1.29, 1.82) is 0 Å². The molecule has 0 heterocycles. The molecule has 0 fully saturated rings. The molecule has 0 aliphatic heterocycles. The maximum Gasteiger partial charge on any atom is -0.0142 e. The Morgan fingerprint density at radius 1 is 1.27 bits per heavy atom. The molecule has 0 aromatic carbocycles. The van der Waals surface area contributed by atoms with Gasteiger partial charge in [-0.3, -0.25) is 0 Å². The van der Waals surface area contributed by atoms with E-state index >= 15 is 0 Å². The summed E-state index contributed by atoms with van der Waals surface area (Å²) in [7, 11) is 0. The van der Waals surface area contributed by atoms with Gasteiger partial charge in [-0.15, -0.1) is 11.8 Å². The largest absolute Gasteiger partial charge is 0.138 e. The molecular formula is C10H20S. The van der Waals surface area contributed by atoms with E-state index in [9.17, 15) is 0 Å². The van der Waals surface area contributed by atoms with E-state index in [0.717, 1.165) is 0 Å². The zero-order valence-electron chi connectivity index (χ0n) is 8.02. The van der Waals surface area contributed by atoms with Gasteiger partial charge in [0.1, 0.15) is 0 Å². The molecule has 0 aromatic rings. The van der Waals surface area contributed by atoms with Crippen LogP contribution in [0, 0.1) is 0 Å². The van der Waals surface area contributed by atoms with E-state index in [1.807, 2.05) is 11.8 Å². The summed E-state index contributed by atoms with van der Waals surface area (Å²) in [6, 6.07) is 0. The lowest BCUT2D eigenvalue weighted by Gasteiger charge is -1.99. The van der Waals surface area contributed by atoms with Crippen molar-refractivity contribution in [1.82, 2.24) is 0 Å². The molecule has 0 unspecified atom stereocenters. The van der Waals surface area contributed by atoms with Crippen LogP contribution in [0.15, 0.2) is 11.0 Å². The molecule has 0 aliphatic rings. The van der Waals surface area contributed by atoms with Crippen LogP contribution in [0.25, 0.3) is 0 Å². The van der Waals surface area contributed by atoms with Crippen molar-refractivity contribution in [2.24, 2.45) is 0 Å². The molecule has 0 spiro atoms. The second-order valence-electron chi connectivity index (χ2n) is 3.01. The van der Waals surface area contributed by atoms with Crippen LogP contribution >= 0.6 is 11.8 Å². The van der Waals surface area contributed by atoms with Gasteiger partial charge >= 0.3 is 0 Å². The quantitative estimate of drug-likeness (QED) is 0.540. The highest BCUT2D eigenvalue weighted by Crippen LogP contribution is 2.12. The Morgan fingerprint density at radius 2 is 2.00 bits per heavy atom. The van der Waals surface area contributed by atoms with Gasteiger partial charge in [-0.1, -0.05) is 31.8 Å². The van der Waals surface area contributed by atoms with Gasteiger partial charge in [0.25, 0.3) is 0 Å². The lowest BCUT2D eigenvalue weighted by molar-refractivity contribution is 0.665. The minimum Gasteiger partial charge on any atom is -0.138 e. The summed E-state index contributed by atoms with van der Waals surface area (Å²) < 4.78 is 0. The average molecular weight is 172 g/mol. The first-order valence-corrected chi connectivity index (χ1v) is 5.78. The van der Waals surface area contributed by atoms with E-state index in [4.69, 9.17) is 0 Å². The van der Waals surface area contributed by atoms with Gasteiger partial charge in [0.2, 0.25) is 0 Å². The third-order valence-corrected chi connectivity index (χ3v) is 2.38. The van der Waals surface area contributed by atoms with Gasteiger partial charge in [-0.2, -0.15) is 0 Å². The minimum absolute atomic E-state index is 1.29. The van der Waals surface area contributed by atoms with Crippen LogP contribution < -0.4 is 0 Å². The fraction of sp³-hybridized carbons (Fsp3) is 0.800. The van der Waals surface area contributed by atoms with E-state index in [1.165, 1.54) is 37.7 Å². The minimum atomic E-state index is 1.29. The average Bonchev–Trinajstić information content (AvgIpc) is 1.99. The van der Waals surface area contributed by atoms with Crippen LogP contribution in [0.5, 0.6) is 0 Å². The van der Waals surface area contributed by atoms with E-state index in [-0.39, 0.29) is 0 Å². The van der Waals surface area contributed by atoms with Crippen molar-refractivity contribution < 1.29 is 0 Å². The van der Waals surface area contributed by atoms with Crippen molar-refractivity contribution in [3.63, 3.8) is 0 Å². The number of allylic oxidation sites excluding steroid dienone is 1. The number of hydrogen-bond acceptors (Lipinski definition) is 1. The summed E-state index contributed by atoms with van der Waals surface area (Å²) in [6.45, 7) is 4.48. The second kappa shape index (κ2) is 8.19. The van der Waals surface area contributed by atoms with Crippen molar-refractivity contribution in [2.75, 3.05) is 6.26 Å². The topological polar surface area (TPSA) is 0 Å². The van der Waals surface area contributed by atoms with Gasteiger partial charge < -0.3 is 0 Å². The molecule has 0 radical (unpaired) electrons. The second-order valence-corrected chi connectivity index (χ2v) is 3.72. The Kier molecular flexibility index (Phi) is 8.26. The summed E-state index contributed by atoms with van der Waals surface area (Å²) in [5.41, 5.74) is 1.54. The van der Waals surface area contributed by atoms with Gasteiger partial charge in [0.05, 0.1) is 0 Å². The fourth-order valence-corrected chi connectivity index (χ4v) is 1.61. The Balaban J connectivity index is 3.17. The van der Waals surface area contributed by atoms with E-state index in [2.05, 4.69) is 25.5 Å². The number of rotatable bonds is 6. The Bertz CT molecular complexity index is 105. The summed E-state index contributed by atoms with van der Waals surface area (Å²) in [6.07, 6.45) is 8.92. The Hall–Kier alpha value is 0.0900.